The van der Waals surface area contributed by atoms with E-state index >= 15 is 0 Å². The van der Waals surface area contributed by atoms with Crippen LogP contribution >= 0.6 is 7.75 Å². The fourth-order valence-corrected chi connectivity index (χ4v) is 0.913. The van der Waals surface area contributed by atoms with Gasteiger partial charge >= 0.3 is 13.7 Å². The Morgan fingerprint density at radius 3 is 2.20 bits per heavy atom. The Bertz CT molecular complexity index is 278. The molecule has 0 amide bonds. The Hall–Kier alpha value is -0.150. The van der Waals surface area contributed by atoms with Gasteiger partial charge in [-0.2, -0.15) is 0 Å². The van der Waals surface area contributed by atoms with E-state index in [-0.39, 0.29) is 35.0 Å². The molecule has 9 nitrogen and oxygen atoms in total. The van der Waals surface area contributed by atoms with Gasteiger partial charge in [0.05, 0.1) is 0 Å². The summed E-state index contributed by atoms with van der Waals surface area (Å²) in [4.78, 5) is 27.7. The van der Waals surface area contributed by atoms with Gasteiger partial charge in [-0.1, -0.05) is 0 Å². The molecule has 0 aromatic rings. The van der Waals surface area contributed by atoms with Crippen LogP contribution in [0.4, 0.5) is 0 Å². The van der Waals surface area contributed by atoms with E-state index in [1.807, 2.05) is 0 Å². The Kier molecular flexibility index (Phi) is 10.9. The van der Waals surface area contributed by atoms with Crippen molar-refractivity contribution in [3.8, 4) is 0 Å². The molecule has 0 aliphatic carbocycles. The maximum Gasteiger partial charge on any atom is 0.451 e. The normalized spacial score (nSPS) is 11.0. The summed E-state index contributed by atoms with van der Waals surface area (Å²) in [5.74, 6) is -1.69. The van der Waals surface area contributed by atoms with Crippen LogP contribution in [-0.2, 0) is 9.36 Å². The molecule has 0 aromatic heterocycles. The smallest absolute Gasteiger partial charge is 0.451 e. The first kappa shape index (κ1) is 20.3. The summed E-state index contributed by atoms with van der Waals surface area (Å²) in [6.07, 6.45) is 0. The predicted octanol–water partition coefficient (Wildman–Crippen LogP) is -2.80. The number of guanidine groups is 1. The maximum atomic E-state index is 10.3. The Morgan fingerprint density at radius 1 is 1.53 bits per heavy atom. The van der Waals surface area contributed by atoms with Crippen molar-refractivity contribution in [2.24, 2.45) is 10.5 Å². The average molecular weight is 252 g/mol. The minimum Gasteiger partial charge on any atom is -0.480 e. The summed E-state index contributed by atoms with van der Waals surface area (Å²) >= 11 is 0. The summed E-state index contributed by atoms with van der Waals surface area (Å²) in [5.41, 5.74) is 5.07. The van der Waals surface area contributed by atoms with E-state index in [2.05, 4.69) is 4.76 Å². The van der Waals surface area contributed by atoms with Crippen molar-refractivity contribution < 1.29 is 29.7 Å². The number of rotatable bonds is 3. The summed E-state index contributed by atoms with van der Waals surface area (Å²) in [6.45, 7) is -0.477. The molecule has 15 heavy (non-hydrogen) atoms. The first-order chi connectivity index (χ1) is 5.72. The van der Waals surface area contributed by atoms with Gasteiger partial charge in [-0.3, -0.25) is 4.79 Å². The molecule has 0 saturated carbocycles. The number of likely N-dealkylation sites (N-methyl/N-ethyl adjacent to an activating group) is 1. The molecule has 0 rings (SSSR count). The number of hydrogen-bond acceptors (Lipinski definition) is 2. The molecule has 0 fully saturated rings. The Balaban J connectivity index is -0.000000720. The van der Waals surface area contributed by atoms with Crippen molar-refractivity contribution in [1.29, 1.82) is 0 Å². The van der Waals surface area contributed by atoms with Crippen LogP contribution in [0.3, 0.4) is 0 Å². The minimum atomic E-state index is -4.59. The molecule has 0 aromatic carbocycles. The first-order valence-electron chi connectivity index (χ1n) is 3.06. The molecular weight excluding hydrogens is 240 g/mol. The number of carboxylic acid groups (broad SMARTS) is 1. The second-order valence-electron chi connectivity index (χ2n) is 2.22. The van der Waals surface area contributed by atoms with Crippen molar-refractivity contribution in [2.45, 2.75) is 0 Å². The van der Waals surface area contributed by atoms with Crippen LogP contribution in [0.2, 0.25) is 0 Å². The van der Waals surface area contributed by atoms with E-state index in [0.29, 0.717) is 0 Å². The molecule has 0 saturated heterocycles. The summed E-state index contributed by atoms with van der Waals surface area (Å²) in [7, 11) is -3.34. The predicted molar refractivity (Wildman–Crippen MR) is 53.3 cm³/mol. The standard InChI is InChI=1S/C4H10N3O5P.Na.H2O/c1-7(2-3(8)9)4(5)6-13(10,11)12;;/h2H2,1H3,(H,8,9)(H4,5,6,10,11,12);;1H2. The molecule has 0 aliphatic heterocycles. The van der Waals surface area contributed by atoms with Crippen molar-refractivity contribution in [3.63, 3.8) is 0 Å². The molecule has 11 heteroatoms. The van der Waals surface area contributed by atoms with Crippen molar-refractivity contribution in [2.75, 3.05) is 13.6 Å². The van der Waals surface area contributed by atoms with Crippen LogP contribution in [0.25, 0.3) is 0 Å². The molecular formula is C4H12N3NaO6P. The molecule has 0 bridgehead atoms. The van der Waals surface area contributed by atoms with E-state index in [9.17, 15) is 9.36 Å². The van der Waals surface area contributed by atoms with E-state index in [1.165, 1.54) is 7.05 Å². The van der Waals surface area contributed by atoms with Crippen LogP contribution in [-0.4, -0.2) is 80.3 Å². The second-order valence-corrected chi connectivity index (χ2v) is 3.45. The first-order valence-corrected chi connectivity index (χ1v) is 4.63. The van der Waals surface area contributed by atoms with Gasteiger partial charge in [0.25, 0.3) is 0 Å². The molecule has 7 N–H and O–H groups in total. The number of nitrogens with zero attached hydrogens (tertiary/aromatic N) is 2. The van der Waals surface area contributed by atoms with Gasteiger partial charge in [0, 0.05) is 36.6 Å². The SMILES string of the molecule is CN(CC(=O)O)/C(N)=N/P(=O)(O)O.O.[Na]. The maximum absolute atomic E-state index is 10.3. The zero-order chi connectivity index (χ0) is 10.6. The summed E-state index contributed by atoms with van der Waals surface area (Å²) in [6, 6.07) is 0. The monoisotopic (exact) mass is 252 g/mol. The Morgan fingerprint density at radius 2 is 1.93 bits per heavy atom. The molecule has 0 atom stereocenters. The fourth-order valence-electron chi connectivity index (χ4n) is 0.494. The van der Waals surface area contributed by atoms with Crippen LogP contribution in [0.1, 0.15) is 0 Å². The largest absolute Gasteiger partial charge is 0.480 e. The summed E-state index contributed by atoms with van der Waals surface area (Å²) < 4.78 is 13.1. The van der Waals surface area contributed by atoms with Gasteiger partial charge in [-0.15, -0.1) is 4.76 Å². The van der Waals surface area contributed by atoms with Crippen LogP contribution in [0.5, 0.6) is 0 Å². The number of carbonyl (C=O) groups is 1. The van der Waals surface area contributed by atoms with Crippen LogP contribution < -0.4 is 5.73 Å². The quantitative estimate of drug-likeness (QED) is 0.182. The van der Waals surface area contributed by atoms with Crippen molar-refractivity contribution >= 4 is 49.2 Å². The van der Waals surface area contributed by atoms with Gasteiger partial charge in [0.1, 0.15) is 6.54 Å². The molecule has 0 spiro atoms. The number of nitrogens with two attached hydrogens (primary N) is 1. The third kappa shape index (κ3) is 11.8. The van der Waals surface area contributed by atoms with E-state index < -0.39 is 26.2 Å². The number of carboxylic acids is 1. The second kappa shape index (κ2) is 8.05. The van der Waals surface area contributed by atoms with Crippen molar-refractivity contribution in [3.05, 3.63) is 0 Å². The van der Waals surface area contributed by atoms with Gasteiger partial charge < -0.3 is 31.0 Å². The third-order valence-corrected chi connectivity index (χ3v) is 1.46. The molecule has 1 radical (unpaired) electrons. The number of hydrogen-bond donors (Lipinski definition) is 4. The Labute approximate surface area is 108 Å². The summed E-state index contributed by atoms with van der Waals surface area (Å²) in [5, 5.41) is 8.28. The fraction of sp³-hybridized carbons (Fsp3) is 0.500. The van der Waals surface area contributed by atoms with Gasteiger partial charge in [-0.05, 0) is 0 Å². The molecule has 0 heterocycles. The topological polar surface area (TPSA) is 168 Å². The third-order valence-electron chi connectivity index (χ3n) is 0.996. The molecule has 0 aliphatic rings. The molecule has 0 unspecified atom stereocenters. The minimum absolute atomic E-state index is 0. The average Bonchev–Trinajstić information content (AvgIpc) is 1.81. The van der Waals surface area contributed by atoms with E-state index in [4.69, 9.17) is 20.6 Å². The van der Waals surface area contributed by atoms with E-state index in [1.54, 1.807) is 0 Å². The zero-order valence-electron chi connectivity index (χ0n) is 8.28. The number of aliphatic carboxylic acids is 1. The van der Waals surface area contributed by atoms with Crippen LogP contribution in [0, 0.1) is 0 Å². The van der Waals surface area contributed by atoms with Crippen LogP contribution in [0.15, 0.2) is 4.76 Å². The van der Waals surface area contributed by atoms with Gasteiger partial charge in [-0.25, -0.2) is 4.57 Å². The zero-order valence-corrected chi connectivity index (χ0v) is 11.2. The van der Waals surface area contributed by atoms with Gasteiger partial charge in [0.15, 0.2) is 0 Å². The van der Waals surface area contributed by atoms with Crippen molar-refractivity contribution in [1.82, 2.24) is 4.90 Å². The van der Waals surface area contributed by atoms with Gasteiger partial charge in [0.2, 0.25) is 5.96 Å². The molecule has 85 valence electrons. The van der Waals surface area contributed by atoms with E-state index in [0.717, 1.165) is 4.90 Å².